The van der Waals surface area contributed by atoms with E-state index < -0.39 is 0 Å². The highest BCUT2D eigenvalue weighted by atomic mass is 14.9. The molecule has 4 aromatic rings. The summed E-state index contributed by atoms with van der Waals surface area (Å²) in [7, 11) is 0. The molecule has 0 N–H and O–H groups in total. The fourth-order valence-electron chi connectivity index (χ4n) is 4.64. The minimum atomic E-state index is 1.14. The van der Waals surface area contributed by atoms with Crippen molar-refractivity contribution in [3.63, 3.8) is 0 Å². The lowest BCUT2D eigenvalue weighted by atomic mass is 10.1. The fraction of sp³-hybridized carbons (Fsp3) is 0.400. The molecule has 0 spiro atoms. The van der Waals surface area contributed by atoms with Crippen molar-refractivity contribution in [1.82, 2.24) is 0 Å². The summed E-state index contributed by atoms with van der Waals surface area (Å²) < 4.78 is 4.69. The molecule has 0 fully saturated rings. The van der Waals surface area contributed by atoms with E-state index in [0.29, 0.717) is 0 Å². The molecule has 4 rings (SSSR count). The molecule has 0 saturated heterocycles. The number of fused-ring (bicyclic) bond motifs is 2. The van der Waals surface area contributed by atoms with E-state index in [0.717, 1.165) is 13.1 Å². The molecular formula is C30H38N2+2. The van der Waals surface area contributed by atoms with Crippen molar-refractivity contribution in [2.24, 2.45) is 0 Å². The minimum Gasteiger partial charge on any atom is -0.205 e. The van der Waals surface area contributed by atoms with Gasteiger partial charge in [0.05, 0.1) is 0 Å². The third-order valence-electron chi connectivity index (χ3n) is 6.58. The van der Waals surface area contributed by atoms with Crippen LogP contribution in [0, 0.1) is 0 Å². The first kappa shape index (κ1) is 22.5. The van der Waals surface area contributed by atoms with Gasteiger partial charge in [-0.2, -0.15) is 0 Å². The molecule has 0 aliphatic rings. The van der Waals surface area contributed by atoms with Gasteiger partial charge in [-0.1, -0.05) is 74.9 Å². The predicted molar refractivity (Wildman–Crippen MR) is 134 cm³/mol. The number of unbranched alkanes of at least 4 members (excludes halogenated alkanes) is 9. The lowest BCUT2D eigenvalue weighted by molar-refractivity contribution is -0.696. The van der Waals surface area contributed by atoms with Gasteiger partial charge in [0.2, 0.25) is 0 Å². The number of nitrogens with zero attached hydrogens (tertiary/aromatic N) is 2. The summed E-state index contributed by atoms with van der Waals surface area (Å²) in [4.78, 5) is 0. The van der Waals surface area contributed by atoms with E-state index in [1.54, 1.807) is 0 Å². The van der Waals surface area contributed by atoms with Crippen LogP contribution in [0.15, 0.2) is 85.5 Å². The summed E-state index contributed by atoms with van der Waals surface area (Å²) in [5, 5.41) is 5.34. The molecule has 32 heavy (non-hydrogen) atoms. The molecule has 2 heteroatoms. The Kier molecular flexibility index (Phi) is 8.66. The number of pyridine rings is 2. The SMILES string of the molecule is c1ccc2c[n+](CCCCCCCCCCCC[n+]3ccc4ccccc4c3)ccc2c1. The molecule has 0 saturated carbocycles. The van der Waals surface area contributed by atoms with Gasteiger partial charge in [-0.25, -0.2) is 9.13 Å². The van der Waals surface area contributed by atoms with Crippen molar-refractivity contribution >= 4 is 21.5 Å². The van der Waals surface area contributed by atoms with Crippen LogP contribution in [0.2, 0.25) is 0 Å². The van der Waals surface area contributed by atoms with Crippen LogP contribution in [-0.4, -0.2) is 0 Å². The van der Waals surface area contributed by atoms with E-state index in [1.807, 2.05) is 0 Å². The molecule has 0 radical (unpaired) electrons. The summed E-state index contributed by atoms with van der Waals surface area (Å²) in [6.07, 6.45) is 22.7. The van der Waals surface area contributed by atoms with Crippen LogP contribution in [0.4, 0.5) is 0 Å². The number of aromatic nitrogens is 2. The van der Waals surface area contributed by atoms with Gasteiger partial charge < -0.3 is 0 Å². The van der Waals surface area contributed by atoms with Gasteiger partial charge in [-0.05, 0) is 35.7 Å². The van der Waals surface area contributed by atoms with Gasteiger partial charge in [0, 0.05) is 35.7 Å². The Balaban J connectivity index is 0.990. The summed E-state index contributed by atoms with van der Waals surface area (Å²) in [5.74, 6) is 0. The molecule has 2 aromatic heterocycles. The highest BCUT2D eigenvalue weighted by Gasteiger charge is 2.04. The summed E-state index contributed by atoms with van der Waals surface area (Å²) >= 11 is 0. The smallest absolute Gasteiger partial charge is 0.176 e. The lowest BCUT2D eigenvalue weighted by Gasteiger charge is -2.03. The molecule has 0 aliphatic heterocycles. The molecule has 2 aromatic carbocycles. The Morgan fingerprint density at radius 2 is 0.719 bits per heavy atom. The Morgan fingerprint density at radius 3 is 1.12 bits per heavy atom. The Labute approximate surface area is 193 Å². The Hall–Kier alpha value is -2.74. The van der Waals surface area contributed by atoms with E-state index in [2.05, 4.69) is 94.6 Å². The molecule has 0 bridgehead atoms. The average molecular weight is 427 g/mol. The van der Waals surface area contributed by atoms with Crippen molar-refractivity contribution in [2.45, 2.75) is 77.3 Å². The summed E-state index contributed by atoms with van der Waals surface area (Å²) in [6, 6.07) is 21.7. The molecule has 2 nitrogen and oxygen atoms in total. The van der Waals surface area contributed by atoms with Gasteiger partial charge >= 0.3 is 0 Å². The third-order valence-corrected chi connectivity index (χ3v) is 6.58. The van der Waals surface area contributed by atoms with Crippen LogP contribution in [0.5, 0.6) is 0 Å². The maximum atomic E-state index is 2.35. The number of rotatable bonds is 13. The van der Waals surface area contributed by atoms with Crippen LogP contribution in [0.3, 0.4) is 0 Å². The second kappa shape index (κ2) is 12.3. The maximum absolute atomic E-state index is 2.35. The maximum Gasteiger partial charge on any atom is 0.176 e. The standard InChI is InChI=1S/C30H38N2/c1(3-5-7-13-21-31-23-19-27-15-9-11-17-29(27)25-31)2-4-6-8-14-22-32-24-20-28-16-10-12-18-30(28)26-32/h9-12,15-20,23-26H,1-8,13-14,21-22H2/q+2. The normalized spacial score (nSPS) is 11.4. The molecule has 0 atom stereocenters. The second-order valence-electron chi connectivity index (χ2n) is 9.16. The Bertz CT molecular complexity index is 1010. The quantitative estimate of drug-likeness (QED) is 0.158. The highest BCUT2D eigenvalue weighted by molar-refractivity contribution is 5.80. The van der Waals surface area contributed by atoms with Gasteiger partial charge in [0.15, 0.2) is 24.8 Å². The highest BCUT2D eigenvalue weighted by Crippen LogP contribution is 2.13. The largest absolute Gasteiger partial charge is 0.205 e. The van der Waals surface area contributed by atoms with Crippen molar-refractivity contribution in [3.8, 4) is 0 Å². The van der Waals surface area contributed by atoms with E-state index in [9.17, 15) is 0 Å². The van der Waals surface area contributed by atoms with Gasteiger partial charge in [-0.3, -0.25) is 0 Å². The monoisotopic (exact) mass is 426 g/mol. The van der Waals surface area contributed by atoms with Crippen LogP contribution in [-0.2, 0) is 13.1 Å². The van der Waals surface area contributed by atoms with Crippen LogP contribution >= 0.6 is 0 Å². The van der Waals surface area contributed by atoms with Crippen LogP contribution < -0.4 is 9.13 Å². The van der Waals surface area contributed by atoms with Crippen molar-refractivity contribution in [2.75, 3.05) is 0 Å². The number of aryl methyl sites for hydroxylation is 2. The fourth-order valence-corrected chi connectivity index (χ4v) is 4.64. The molecule has 0 unspecified atom stereocenters. The lowest BCUT2D eigenvalue weighted by Crippen LogP contribution is -2.32. The van der Waals surface area contributed by atoms with Gasteiger partial charge in [0.1, 0.15) is 13.1 Å². The zero-order chi connectivity index (χ0) is 21.8. The van der Waals surface area contributed by atoms with Gasteiger partial charge in [-0.15, -0.1) is 0 Å². The first-order chi connectivity index (χ1) is 15.9. The molecule has 166 valence electrons. The van der Waals surface area contributed by atoms with Crippen LogP contribution in [0.25, 0.3) is 21.5 Å². The van der Waals surface area contributed by atoms with Crippen LogP contribution in [0.1, 0.15) is 64.2 Å². The first-order valence-electron chi connectivity index (χ1n) is 12.6. The average Bonchev–Trinajstić information content (AvgIpc) is 2.84. The first-order valence-corrected chi connectivity index (χ1v) is 12.6. The zero-order valence-corrected chi connectivity index (χ0v) is 19.5. The van der Waals surface area contributed by atoms with E-state index in [4.69, 9.17) is 0 Å². The molecule has 0 amide bonds. The van der Waals surface area contributed by atoms with Crippen molar-refractivity contribution in [3.05, 3.63) is 85.5 Å². The number of hydrogen-bond acceptors (Lipinski definition) is 0. The minimum absolute atomic E-state index is 1.14. The van der Waals surface area contributed by atoms with E-state index in [-0.39, 0.29) is 0 Å². The summed E-state index contributed by atoms with van der Waals surface area (Å²) in [5.41, 5.74) is 0. The van der Waals surface area contributed by atoms with E-state index >= 15 is 0 Å². The number of hydrogen-bond donors (Lipinski definition) is 0. The van der Waals surface area contributed by atoms with Crippen molar-refractivity contribution in [1.29, 1.82) is 0 Å². The number of benzene rings is 2. The zero-order valence-electron chi connectivity index (χ0n) is 19.5. The van der Waals surface area contributed by atoms with E-state index in [1.165, 1.54) is 85.8 Å². The molecule has 0 aliphatic carbocycles. The molecular weight excluding hydrogens is 388 g/mol. The molecule has 2 heterocycles. The second-order valence-corrected chi connectivity index (χ2v) is 9.16. The summed E-state index contributed by atoms with van der Waals surface area (Å²) in [6.45, 7) is 2.28. The van der Waals surface area contributed by atoms with Gasteiger partial charge in [0.25, 0.3) is 0 Å². The van der Waals surface area contributed by atoms with Crippen molar-refractivity contribution < 1.29 is 9.13 Å². The topological polar surface area (TPSA) is 7.76 Å². The Morgan fingerprint density at radius 1 is 0.375 bits per heavy atom. The predicted octanol–water partition coefficient (Wildman–Crippen LogP) is 7.17. The third kappa shape index (κ3) is 6.88.